The summed E-state index contributed by atoms with van der Waals surface area (Å²) in [7, 11) is -11.0. The molecule has 0 amide bonds. The maximum absolute atomic E-state index is 14.7. The summed E-state index contributed by atoms with van der Waals surface area (Å²) in [6.45, 7) is 4.80. The number of carbonyl (C=O) groups is 4. The zero-order valence-electron chi connectivity index (χ0n) is 64.7. The van der Waals surface area contributed by atoms with E-state index < -0.39 is 117 Å². The maximum Gasteiger partial charge on any atom is 0.433 e. The second kappa shape index (κ2) is 32.2. The number of nitrogens with zero attached hydrogens (tertiary/aromatic N) is 5. The summed E-state index contributed by atoms with van der Waals surface area (Å²) in [5.41, 5.74) is 7.23. The van der Waals surface area contributed by atoms with E-state index in [0.29, 0.717) is 101 Å². The Morgan fingerprint density at radius 3 is 1.07 bits per heavy atom. The minimum Gasteiger partial charge on any atom is -0.481 e. The Kier molecular flexibility index (Phi) is 23.2. The van der Waals surface area contributed by atoms with Gasteiger partial charge in [-0.1, -0.05) is 97.1 Å². The predicted octanol–water partition coefficient (Wildman–Crippen LogP) is 17.1. The van der Waals surface area contributed by atoms with Crippen LogP contribution in [0.4, 0.5) is 43.9 Å². The second-order valence-corrected chi connectivity index (χ2v) is 37.5. The van der Waals surface area contributed by atoms with E-state index in [-0.39, 0.29) is 51.7 Å². The molecule has 0 spiro atoms. The Balaban J connectivity index is 0.000000137. The predicted molar refractivity (Wildman–Crippen MR) is 424 cm³/mol. The van der Waals surface area contributed by atoms with Crippen molar-refractivity contribution in [2.75, 3.05) is 18.8 Å². The van der Waals surface area contributed by atoms with Crippen molar-refractivity contribution in [3.63, 3.8) is 0 Å². The van der Waals surface area contributed by atoms with E-state index in [0.717, 1.165) is 120 Å². The van der Waals surface area contributed by atoms with Crippen LogP contribution in [0.3, 0.4) is 0 Å². The molecule has 7 aromatic carbocycles. The zero-order valence-corrected chi connectivity index (χ0v) is 67.2. The highest BCUT2D eigenvalue weighted by atomic mass is 32.2. The number of benzene rings is 7. The van der Waals surface area contributed by atoms with Crippen LogP contribution in [-0.4, -0.2) is 112 Å². The number of carboxylic acid groups (broad SMARTS) is 4. The Bertz CT molecular complexity index is 6220. The van der Waals surface area contributed by atoms with Gasteiger partial charge in [0.15, 0.2) is 29.5 Å². The molecule has 0 fully saturated rings. The molecule has 19 nitrogen and oxygen atoms in total. The fraction of sp³-hybridized carbons (Fsp3) is 0.322. The van der Waals surface area contributed by atoms with E-state index in [4.69, 9.17) is 0 Å². The van der Waals surface area contributed by atoms with Gasteiger partial charge in [-0.25, -0.2) is 29.6 Å². The second-order valence-electron chi connectivity index (χ2n) is 31.5. The lowest BCUT2D eigenvalue weighted by molar-refractivity contribution is -0.150. The van der Waals surface area contributed by atoms with E-state index in [1.807, 2.05) is 98.6 Å². The van der Waals surface area contributed by atoms with Gasteiger partial charge in [-0.2, -0.15) is 39.5 Å². The first-order valence-electron chi connectivity index (χ1n) is 37.8. The maximum atomic E-state index is 14.7. The van der Waals surface area contributed by atoms with Gasteiger partial charge in [-0.3, -0.25) is 24.2 Å². The Labute approximate surface area is 676 Å². The fourth-order valence-electron chi connectivity index (χ4n) is 16.8. The number of rotatable bonds is 15. The lowest BCUT2D eigenvalue weighted by atomic mass is 9.81. The van der Waals surface area contributed by atoms with Crippen LogP contribution in [0.15, 0.2) is 185 Å². The monoisotopic (exact) mass is 1710 g/mol. The number of sulfone groups is 3. The Morgan fingerprint density at radius 2 is 0.748 bits per heavy atom. The van der Waals surface area contributed by atoms with Crippen molar-refractivity contribution in [1.29, 1.82) is 0 Å². The first-order valence-corrected chi connectivity index (χ1v) is 43.5. The molecule has 9 heterocycles. The molecule has 5 aromatic heterocycles. The summed E-state index contributed by atoms with van der Waals surface area (Å²) in [6.07, 6.45) is -5.11. The van der Waals surface area contributed by atoms with Crippen molar-refractivity contribution in [2.24, 2.45) is 22.7 Å². The highest BCUT2D eigenvalue weighted by Gasteiger charge is 2.43. The number of halogens is 10. The summed E-state index contributed by atoms with van der Waals surface area (Å²) >= 11 is 0. The molecule has 4 N–H and O–H groups in total. The minimum atomic E-state index is -4.71. The van der Waals surface area contributed by atoms with Crippen LogP contribution >= 0.6 is 0 Å². The molecule has 4 aliphatic rings. The summed E-state index contributed by atoms with van der Waals surface area (Å²) < 4.78 is 214. The van der Waals surface area contributed by atoms with Crippen LogP contribution in [0, 0.1) is 28.5 Å². The topological polar surface area (TPSA) is 284 Å². The molecule has 119 heavy (non-hydrogen) atoms. The molecule has 4 aliphatic heterocycles. The summed E-state index contributed by atoms with van der Waals surface area (Å²) in [4.78, 5) is 49.2. The van der Waals surface area contributed by atoms with Crippen LogP contribution in [0.25, 0.3) is 43.6 Å². The van der Waals surface area contributed by atoms with Crippen LogP contribution in [-0.2, 0) is 145 Å². The molecule has 0 saturated heterocycles. The minimum absolute atomic E-state index is 0.0144. The SMILES string of the molecule is CC1(C(=O)O)CCc2c(Cc3ccc(C(F)(F)F)nc3)c3ccccc3n2C1.CC1(C(=O)O)CCc2c(Cc3ccc(S(C)(=O)=O)cc3F)c3ccccc3n2C1.CS(=O)(=O)c1ccc(Cc2c3n(c4ccccc24)CC(C(=O)O)CC3)c(C(F)(F)F)c1.CS(=O)(=O)c1ccc(Cc2c3n(c4ccccc24)C[C@@H](C(=O)O)CC3)c(C(F)(F)F)c1. The highest BCUT2D eigenvalue weighted by Crippen LogP contribution is 2.45. The van der Waals surface area contributed by atoms with Crippen LogP contribution in [0.1, 0.15) is 124 Å². The fourth-order valence-corrected chi connectivity index (χ4v) is 18.8. The van der Waals surface area contributed by atoms with Gasteiger partial charge in [-0.05, 0) is 176 Å². The van der Waals surface area contributed by atoms with E-state index in [2.05, 4.69) is 9.55 Å². The third-order valence-electron chi connectivity index (χ3n) is 23.3. The third kappa shape index (κ3) is 17.7. The number of aliphatic carboxylic acids is 4. The number of alkyl halides is 9. The van der Waals surface area contributed by atoms with Crippen molar-refractivity contribution < 1.29 is 109 Å². The average Bonchev–Trinajstić information content (AvgIpc) is 1.64. The van der Waals surface area contributed by atoms with E-state index in [1.165, 1.54) is 48.7 Å². The van der Waals surface area contributed by atoms with Crippen molar-refractivity contribution >= 4 is 97.0 Å². The molecule has 626 valence electrons. The van der Waals surface area contributed by atoms with E-state index in [9.17, 15) is 109 Å². The Hall–Kier alpha value is -11.1. The number of aromatic nitrogens is 5. The first-order chi connectivity index (χ1) is 55.7. The van der Waals surface area contributed by atoms with E-state index in [1.54, 1.807) is 26.0 Å². The molecule has 0 saturated carbocycles. The molecule has 0 aliphatic carbocycles. The van der Waals surface area contributed by atoms with Gasteiger partial charge in [0.25, 0.3) is 0 Å². The van der Waals surface area contributed by atoms with Gasteiger partial charge < -0.3 is 38.7 Å². The molecule has 12 aromatic rings. The number of pyridine rings is 1. The number of carboxylic acids is 4. The van der Waals surface area contributed by atoms with E-state index >= 15 is 0 Å². The van der Waals surface area contributed by atoms with Gasteiger partial charge in [0.05, 0.1) is 48.5 Å². The van der Waals surface area contributed by atoms with Crippen LogP contribution < -0.4 is 0 Å². The van der Waals surface area contributed by atoms with Gasteiger partial charge in [0.1, 0.15) is 11.5 Å². The Morgan fingerprint density at radius 1 is 0.420 bits per heavy atom. The molecular formula is C87H81F10N5O14S3. The third-order valence-corrected chi connectivity index (χ3v) is 26.6. The molecule has 0 bridgehead atoms. The molecule has 4 atom stereocenters. The number of para-hydroxylation sites is 4. The van der Waals surface area contributed by atoms with Crippen molar-refractivity contribution in [1.82, 2.24) is 23.3 Å². The number of fused-ring (bicyclic) bond motifs is 12. The quantitative estimate of drug-likeness (QED) is 0.0694. The summed E-state index contributed by atoms with van der Waals surface area (Å²) in [6, 6.07) is 42.8. The highest BCUT2D eigenvalue weighted by molar-refractivity contribution is 7.91. The molecular weight excluding hydrogens is 1630 g/mol. The lowest BCUT2D eigenvalue weighted by Gasteiger charge is -2.32. The van der Waals surface area contributed by atoms with Crippen molar-refractivity contribution in [2.45, 2.75) is 150 Å². The molecule has 3 unspecified atom stereocenters. The normalized spacial score (nSPS) is 18.1. The van der Waals surface area contributed by atoms with Crippen LogP contribution in [0.2, 0.25) is 0 Å². The molecule has 32 heteroatoms. The zero-order chi connectivity index (χ0) is 86.2. The first kappa shape index (κ1) is 85.8. The van der Waals surface area contributed by atoms with Gasteiger partial charge in [-0.15, -0.1) is 0 Å². The summed E-state index contributed by atoms with van der Waals surface area (Å²) in [5, 5.41) is 41.6. The van der Waals surface area contributed by atoms with Crippen molar-refractivity contribution in [3.05, 3.63) is 260 Å². The molecule has 0 radical (unpaired) electrons. The summed E-state index contributed by atoms with van der Waals surface area (Å²) in [5.74, 6) is -5.05. The lowest BCUT2D eigenvalue weighted by Crippen LogP contribution is -2.37. The van der Waals surface area contributed by atoms with Gasteiger partial charge in [0, 0.05) is 143 Å². The average molecular weight is 1710 g/mol. The standard InChI is InChI=1S/2C22H20F3NO4S.C22H22FNO4S.C21H19F3N2O2/c2*1-31(29,30)15-8-6-13(18(11-15)22(23,24)25)10-17-16-4-2-3-5-19(16)26-12-14(21(27)28)7-9-20(17)26;1-22(21(25)26)10-9-20-17(16-5-3-4-6-19(16)24(20)13-22)11-14-7-8-15(12-18(14)23)29(2,27)28;1-20(19(27)28)9-8-17-15(14-4-2-3-5-16(14)26(17)12-20)10-13-6-7-18(25-11-13)21(22,23)24/h2*2-6,8,11,14H,7,9-10,12H2,1H3,(H,27,28);3-8,12H,9-11,13H2,1-2H3,(H,25,26);2-7,11H,8-10,12H2,1H3,(H,27,28)/t14-;;;/m0.../s1. The van der Waals surface area contributed by atoms with Gasteiger partial charge >= 0.3 is 42.4 Å². The number of hydrogen-bond donors (Lipinski definition) is 4. The van der Waals surface area contributed by atoms with Crippen LogP contribution in [0.5, 0.6) is 0 Å². The number of hydrogen-bond acceptors (Lipinski definition) is 11. The van der Waals surface area contributed by atoms with Gasteiger partial charge in [0.2, 0.25) is 0 Å². The largest absolute Gasteiger partial charge is 0.481 e. The molecule has 16 rings (SSSR count). The smallest absolute Gasteiger partial charge is 0.433 e. The van der Waals surface area contributed by atoms with Crippen molar-refractivity contribution in [3.8, 4) is 0 Å².